The first-order valence-corrected chi connectivity index (χ1v) is 12.2. The van der Waals surface area contributed by atoms with Crippen molar-refractivity contribution in [2.75, 3.05) is 6.61 Å². The van der Waals surface area contributed by atoms with Crippen molar-refractivity contribution in [1.82, 2.24) is 0 Å². The molecule has 0 unspecified atom stereocenters. The molecule has 1 saturated carbocycles. The van der Waals surface area contributed by atoms with Crippen molar-refractivity contribution >= 4 is 46.8 Å². The second-order valence-electron chi connectivity index (χ2n) is 7.89. The minimum Gasteiger partial charge on any atom is -0.870 e. The van der Waals surface area contributed by atoms with Crippen molar-refractivity contribution < 1.29 is 43.0 Å². The van der Waals surface area contributed by atoms with Gasteiger partial charge in [0.2, 0.25) is 0 Å². The molecule has 7 nitrogen and oxygen atoms in total. The normalized spacial score (nSPS) is 13.6. The van der Waals surface area contributed by atoms with Crippen LogP contribution in [0.15, 0.2) is 42.7 Å². The van der Waals surface area contributed by atoms with Crippen LogP contribution in [0.25, 0.3) is 0 Å². The summed E-state index contributed by atoms with van der Waals surface area (Å²) in [6.45, 7) is -2.66. The zero-order valence-corrected chi connectivity index (χ0v) is 20.9. The highest BCUT2D eigenvalue weighted by molar-refractivity contribution is 7.15. The number of esters is 1. The Morgan fingerprint density at radius 3 is 2.47 bits per heavy atom. The molecule has 0 spiro atoms. The molecule has 0 bridgehead atoms. The number of H-pyrrole nitrogens is 1. The van der Waals surface area contributed by atoms with E-state index >= 15 is 0 Å². The first-order valence-electron chi connectivity index (χ1n) is 10.7. The van der Waals surface area contributed by atoms with Crippen LogP contribution in [0.1, 0.15) is 49.4 Å². The molecule has 1 aliphatic rings. The van der Waals surface area contributed by atoms with Crippen LogP contribution in [0.3, 0.4) is 0 Å². The molecule has 0 aliphatic heterocycles. The summed E-state index contributed by atoms with van der Waals surface area (Å²) in [5.41, 5.74) is 0.996. The van der Waals surface area contributed by atoms with Gasteiger partial charge in [0, 0.05) is 12.0 Å². The highest BCUT2D eigenvalue weighted by Crippen LogP contribution is 2.38. The molecule has 1 fully saturated rings. The lowest BCUT2D eigenvalue weighted by atomic mass is 10.0. The predicted octanol–water partition coefficient (Wildman–Crippen LogP) is 6.04. The molecule has 1 atom stereocenters. The van der Waals surface area contributed by atoms with E-state index in [2.05, 4.69) is 9.72 Å². The number of hydrogen-bond donors (Lipinski definition) is 0. The summed E-state index contributed by atoms with van der Waals surface area (Å²) < 4.78 is 42.0. The fourth-order valence-corrected chi connectivity index (χ4v) is 4.56. The van der Waals surface area contributed by atoms with Crippen molar-refractivity contribution in [2.24, 2.45) is 5.92 Å². The Labute approximate surface area is 219 Å². The second kappa shape index (κ2) is 12.4. The molecular weight excluding hydrogens is 539 g/mol. The summed E-state index contributed by atoms with van der Waals surface area (Å²) in [7, 11) is 0. The van der Waals surface area contributed by atoms with Crippen LogP contribution in [0, 0.1) is 5.92 Å². The first kappa shape index (κ1) is 27.8. The maximum Gasteiger partial charge on any atom is 0.387 e. The molecule has 12 heteroatoms. The van der Waals surface area contributed by atoms with E-state index in [9.17, 15) is 18.4 Å². The molecule has 36 heavy (non-hydrogen) atoms. The number of nitrogens with one attached hydrogen (secondary N) is 1. The molecule has 3 aromatic rings. The van der Waals surface area contributed by atoms with Gasteiger partial charge in [-0.3, -0.25) is 4.79 Å². The number of benzene rings is 1. The molecule has 0 radical (unpaired) electrons. The Bertz CT molecular complexity index is 1200. The largest absolute Gasteiger partial charge is 0.870 e. The van der Waals surface area contributed by atoms with Gasteiger partial charge in [0.05, 0.1) is 11.5 Å². The average Bonchev–Trinajstić information content (AvgIpc) is 3.53. The lowest BCUT2D eigenvalue weighted by Crippen LogP contribution is -2.15. The van der Waals surface area contributed by atoms with Gasteiger partial charge in [0.25, 0.3) is 0 Å². The summed E-state index contributed by atoms with van der Waals surface area (Å²) in [6, 6.07) is 7.39. The lowest BCUT2D eigenvalue weighted by molar-refractivity contribution is -0.377. The van der Waals surface area contributed by atoms with Crippen LogP contribution < -0.4 is 14.5 Å². The van der Waals surface area contributed by atoms with Gasteiger partial charge >= 0.3 is 12.6 Å². The summed E-state index contributed by atoms with van der Waals surface area (Å²) in [6.07, 6.45) is 4.95. The molecule has 192 valence electrons. The van der Waals surface area contributed by atoms with Gasteiger partial charge in [-0.2, -0.15) is 8.78 Å². The number of rotatable bonds is 11. The Morgan fingerprint density at radius 2 is 1.86 bits per heavy atom. The minimum atomic E-state index is -3.03. The van der Waals surface area contributed by atoms with E-state index in [0.717, 1.165) is 24.2 Å². The maximum atomic E-state index is 12.9. The number of hydrogen-bond acceptors (Lipinski definition) is 7. The van der Waals surface area contributed by atoms with Crippen LogP contribution in [-0.2, 0) is 11.2 Å². The van der Waals surface area contributed by atoms with E-state index in [1.807, 2.05) is 0 Å². The molecular formula is C24H21Cl2F2NO6S. The summed E-state index contributed by atoms with van der Waals surface area (Å²) in [5.74, 6) is -0.283. The number of aromatic amines is 1. The lowest BCUT2D eigenvalue weighted by Gasteiger charge is -2.21. The number of carbonyl (C=O) groups is 2. The molecule has 0 amide bonds. The van der Waals surface area contributed by atoms with Crippen molar-refractivity contribution in [2.45, 2.75) is 32.0 Å². The molecule has 1 aromatic carbocycles. The molecule has 0 saturated heterocycles. The summed E-state index contributed by atoms with van der Waals surface area (Å²) in [5, 5.41) is 0.668. The molecule has 2 heterocycles. The van der Waals surface area contributed by atoms with Crippen LogP contribution in [0.5, 0.6) is 11.5 Å². The highest BCUT2D eigenvalue weighted by atomic mass is 35.5. The van der Waals surface area contributed by atoms with E-state index in [1.165, 1.54) is 30.3 Å². The van der Waals surface area contributed by atoms with Gasteiger partial charge in [-0.05, 0) is 48.6 Å². The van der Waals surface area contributed by atoms with Gasteiger partial charge < -0.3 is 19.7 Å². The Morgan fingerprint density at radius 1 is 1.14 bits per heavy atom. The predicted molar refractivity (Wildman–Crippen MR) is 128 cm³/mol. The topological polar surface area (TPSA) is 106 Å². The van der Waals surface area contributed by atoms with Crippen molar-refractivity contribution in [3.63, 3.8) is 0 Å². The van der Waals surface area contributed by atoms with Gasteiger partial charge in [-0.15, -0.1) is 11.3 Å². The molecule has 4 rings (SSSR count). The smallest absolute Gasteiger partial charge is 0.387 e. The van der Waals surface area contributed by atoms with E-state index in [0.29, 0.717) is 44.9 Å². The third-order valence-electron chi connectivity index (χ3n) is 5.31. The maximum absolute atomic E-state index is 12.9. The number of aromatic nitrogens is 1. The Balaban J connectivity index is 0.00000361. The monoisotopic (exact) mass is 559 g/mol. The minimum absolute atomic E-state index is 0. The number of thiophene rings is 1. The van der Waals surface area contributed by atoms with E-state index < -0.39 is 18.7 Å². The van der Waals surface area contributed by atoms with Gasteiger partial charge in [-0.1, -0.05) is 29.3 Å². The number of aldehydes is 1. The number of pyridine rings is 1. The molecule has 2 aromatic heterocycles. The zero-order valence-electron chi connectivity index (χ0n) is 18.6. The van der Waals surface area contributed by atoms with Crippen molar-refractivity contribution in [3.05, 3.63) is 73.7 Å². The number of carbonyl (C=O) groups excluding carboxylic acids is 2. The second-order valence-corrected chi connectivity index (χ2v) is 9.82. The summed E-state index contributed by atoms with van der Waals surface area (Å²) in [4.78, 5) is 27.3. The molecule has 2 N–H and O–H groups in total. The standard InChI is InChI=1S/C24H19Cl2F2NO5S.H2O/c25-17-9-29-10-18(26)16(17)8-20(33-23(31)22-6-4-15(11-30)35-22)14-3-5-19(34-24(27)28)21(7-14)32-12-13-1-2-13;/h3-7,9-11,13,20,24H,1-2,8,12H2;1H2/t20-;/m0./s1. The van der Waals surface area contributed by atoms with Gasteiger partial charge in [-0.25, -0.2) is 9.78 Å². The quantitative estimate of drug-likeness (QED) is 0.209. The number of alkyl halides is 2. The SMILES string of the molecule is O=Cc1ccc(C(=O)O[C@@H](Cc2c(Cl)c[nH+]cc2Cl)c2ccc(OC(F)F)c(OCC3CC3)c2)s1.[OH-]. The van der Waals surface area contributed by atoms with E-state index in [1.54, 1.807) is 12.4 Å². The first-order chi connectivity index (χ1) is 16.8. The zero-order chi connectivity index (χ0) is 24.9. The Hall–Kier alpha value is -2.79. The highest BCUT2D eigenvalue weighted by Gasteiger charge is 2.26. The number of ether oxygens (including phenoxy) is 3. The molecule has 1 aliphatic carbocycles. The number of halogens is 4. The fraction of sp³-hybridized carbons (Fsp3) is 0.292. The van der Waals surface area contributed by atoms with Crippen molar-refractivity contribution in [1.29, 1.82) is 0 Å². The van der Waals surface area contributed by atoms with Crippen molar-refractivity contribution in [3.8, 4) is 11.5 Å². The fourth-order valence-electron chi connectivity index (χ4n) is 3.32. The average molecular weight is 560 g/mol. The summed E-state index contributed by atoms with van der Waals surface area (Å²) >= 11 is 13.6. The van der Waals surface area contributed by atoms with Crippen LogP contribution in [-0.4, -0.2) is 31.0 Å². The van der Waals surface area contributed by atoms with Crippen LogP contribution in [0.4, 0.5) is 8.78 Å². The third-order valence-corrected chi connectivity index (χ3v) is 6.97. The van der Waals surface area contributed by atoms with Crippen LogP contribution >= 0.6 is 34.5 Å². The Kier molecular flexibility index (Phi) is 9.61. The van der Waals surface area contributed by atoms with E-state index in [-0.39, 0.29) is 28.3 Å². The third kappa shape index (κ3) is 7.13. The van der Waals surface area contributed by atoms with Gasteiger partial charge in [0.1, 0.15) is 21.0 Å². The van der Waals surface area contributed by atoms with E-state index in [4.69, 9.17) is 32.7 Å². The van der Waals surface area contributed by atoms with Crippen LogP contribution in [0.2, 0.25) is 10.0 Å². The van der Waals surface area contributed by atoms with Gasteiger partial charge in [0.15, 0.2) is 30.2 Å².